The van der Waals surface area contributed by atoms with Crippen LogP contribution in [0.25, 0.3) is 0 Å². The number of ether oxygens (including phenoxy) is 2. The van der Waals surface area contributed by atoms with Gasteiger partial charge in [0.15, 0.2) is 24.0 Å². The lowest BCUT2D eigenvalue weighted by atomic mass is 10.1. The molecule has 0 saturated heterocycles. The highest BCUT2D eigenvalue weighted by Gasteiger charge is 2.17. The van der Waals surface area contributed by atoms with Crippen molar-refractivity contribution < 1.29 is 32.6 Å². The van der Waals surface area contributed by atoms with E-state index in [-0.39, 0.29) is 11.1 Å². The molecule has 0 aliphatic heterocycles. The highest BCUT2D eigenvalue weighted by Crippen LogP contribution is 2.15. The molecule has 0 unspecified atom stereocenters. The van der Waals surface area contributed by atoms with Gasteiger partial charge in [0.2, 0.25) is 0 Å². The molecule has 2 aromatic carbocycles. The van der Waals surface area contributed by atoms with Gasteiger partial charge in [-0.3, -0.25) is 10.1 Å². The standard InChI is InChI=1S/C20H19F2NO5/c1-20(2,3)28-19(26)23-14-6-4-5-13(9-14)18(25)27-11-17(24)12-7-8-15(21)16(22)10-12/h4-10H,11H2,1-3H3,(H,23,26). The Morgan fingerprint density at radius 3 is 2.32 bits per heavy atom. The Morgan fingerprint density at radius 1 is 0.964 bits per heavy atom. The summed E-state index contributed by atoms with van der Waals surface area (Å²) in [6.45, 7) is 4.49. The number of Topliss-reactive ketones (excluding diaryl/α,β-unsaturated/α-hetero) is 1. The van der Waals surface area contributed by atoms with E-state index >= 15 is 0 Å². The first kappa shape index (κ1) is 21.0. The van der Waals surface area contributed by atoms with E-state index in [9.17, 15) is 23.2 Å². The van der Waals surface area contributed by atoms with Gasteiger partial charge in [-0.1, -0.05) is 6.07 Å². The van der Waals surface area contributed by atoms with Crippen molar-refractivity contribution in [1.29, 1.82) is 0 Å². The van der Waals surface area contributed by atoms with Crippen molar-refractivity contribution in [1.82, 2.24) is 0 Å². The summed E-state index contributed by atoms with van der Waals surface area (Å²) in [6.07, 6.45) is -0.688. The third kappa shape index (κ3) is 6.15. The van der Waals surface area contributed by atoms with Gasteiger partial charge in [-0.2, -0.15) is 0 Å². The predicted octanol–water partition coefficient (Wildman–Crippen LogP) is 4.35. The number of nitrogens with one attached hydrogen (secondary N) is 1. The Bertz CT molecular complexity index is 906. The predicted molar refractivity (Wildman–Crippen MR) is 97.3 cm³/mol. The number of hydrogen-bond acceptors (Lipinski definition) is 5. The number of rotatable bonds is 5. The van der Waals surface area contributed by atoms with Gasteiger partial charge in [0, 0.05) is 11.3 Å². The summed E-state index contributed by atoms with van der Waals surface area (Å²) in [5.41, 5.74) is -0.407. The Hall–Kier alpha value is -3.29. The number of hydrogen-bond donors (Lipinski definition) is 1. The van der Waals surface area contributed by atoms with Crippen LogP contribution in [0.1, 0.15) is 41.5 Å². The van der Waals surface area contributed by atoms with Crippen molar-refractivity contribution in [3.8, 4) is 0 Å². The second-order valence-corrected chi connectivity index (χ2v) is 6.84. The maximum absolute atomic E-state index is 13.2. The Kier molecular flexibility index (Phi) is 6.45. The summed E-state index contributed by atoms with van der Waals surface area (Å²) in [7, 11) is 0. The summed E-state index contributed by atoms with van der Waals surface area (Å²) in [6, 6.07) is 8.50. The number of halogens is 2. The fourth-order valence-corrected chi connectivity index (χ4v) is 2.11. The van der Waals surface area contributed by atoms with Crippen molar-refractivity contribution in [3.05, 3.63) is 65.2 Å². The van der Waals surface area contributed by atoms with Crippen LogP contribution in [0.15, 0.2) is 42.5 Å². The summed E-state index contributed by atoms with van der Waals surface area (Å²) in [5.74, 6) is -3.75. The number of ketones is 1. The Morgan fingerprint density at radius 2 is 1.68 bits per heavy atom. The molecule has 0 aromatic heterocycles. The zero-order valence-corrected chi connectivity index (χ0v) is 15.5. The molecule has 0 aliphatic carbocycles. The van der Waals surface area contributed by atoms with Crippen LogP contribution in [0.5, 0.6) is 0 Å². The molecule has 0 fully saturated rings. The third-order valence-electron chi connectivity index (χ3n) is 3.32. The van der Waals surface area contributed by atoms with Gasteiger partial charge >= 0.3 is 12.1 Å². The van der Waals surface area contributed by atoms with Crippen LogP contribution in [0.4, 0.5) is 19.3 Å². The molecular formula is C20H19F2NO5. The van der Waals surface area contributed by atoms with E-state index in [1.165, 1.54) is 18.2 Å². The minimum Gasteiger partial charge on any atom is -0.454 e. The van der Waals surface area contributed by atoms with E-state index in [2.05, 4.69) is 5.32 Å². The molecule has 2 rings (SSSR count). The van der Waals surface area contributed by atoms with Crippen LogP contribution in [-0.4, -0.2) is 30.1 Å². The number of amides is 1. The van der Waals surface area contributed by atoms with Crippen molar-refractivity contribution in [2.45, 2.75) is 26.4 Å². The quantitative estimate of drug-likeness (QED) is 0.605. The molecule has 0 spiro atoms. The summed E-state index contributed by atoms with van der Waals surface area (Å²) in [5, 5.41) is 2.48. The minimum absolute atomic E-state index is 0.0895. The number of carbonyl (C=O) groups is 3. The molecule has 8 heteroatoms. The molecule has 1 amide bonds. The molecule has 6 nitrogen and oxygen atoms in total. The molecule has 0 radical (unpaired) electrons. The van der Waals surface area contributed by atoms with Crippen LogP contribution in [-0.2, 0) is 9.47 Å². The molecular weight excluding hydrogens is 372 g/mol. The van der Waals surface area contributed by atoms with Gasteiger partial charge in [-0.05, 0) is 57.2 Å². The number of carbonyl (C=O) groups excluding carboxylic acids is 3. The number of esters is 1. The lowest BCUT2D eigenvalue weighted by Gasteiger charge is -2.19. The van der Waals surface area contributed by atoms with Crippen molar-refractivity contribution in [2.24, 2.45) is 0 Å². The lowest BCUT2D eigenvalue weighted by molar-refractivity contribution is 0.0474. The van der Waals surface area contributed by atoms with E-state index in [0.29, 0.717) is 5.69 Å². The molecule has 0 saturated carbocycles. The molecule has 2 aromatic rings. The van der Waals surface area contributed by atoms with E-state index in [0.717, 1.165) is 18.2 Å². The highest BCUT2D eigenvalue weighted by molar-refractivity contribution is 5.99. The van der Waals surface area contributed by atoms with Gasteiger partial charge in [-0.25, -0.2) is 18.4 Å². The Labute approximate surface area is 160 Å². The smallest absolute Gasteiger partial charge is 0.412 e. The molecule has 0 atom stereocenters. The zero-order valence-electron chi connectivity index (χ0n) is 15.5. The van der Waals surface area contributed by atoms with Crippen molar-refractivity contribution in [2.75, 3.05) is 11.9 Å². The van der Waals surface area contributed by atoms with E-state index < -0.39 is 41.7 Å². The largest absolute Gasteiger partial charge is 0.454 e. The average Bonchev–Trinajstić information content (AvgIpc) is 2.60. The highest BCUT2D eigenvalue weighted by atomic mass is 19.2. The molecule has 148 valence electrons. The second kappa shape index (κ2) is 8.60. The fourth-order valence-electron chi connectivity index (χ4n) is 2.11. The summed E-state index contributed by atoms with van der Waals surface area (Å²) >= 11 is 0. The molecule has 0 bridgehead atoms. The molecule has 28 heavy (non-hydrogen) atoms. The van der Waals surface area contributed by atoms with Crippen molar-refractivity contribution >= 4 is 23.5 Å². The van der Waals surface area contributed by atoms with Crippen molar-refractivity contribution in [3.63, 3.8) is 0 Å². The Balaban J connectivity index is 1.97. The van der Waals surface area contributed by atoms with Crippen LogP contribution in [0.2, 0.25) is 0 Å². The topological polar surface area (TPSA) is 81.7 Å². The normalized spacial score (nSPS) is 10.9. The van der Waals surface area contributed by atoms with Crippen LogP contribution in [0.3, 0.4) is 0 Å². The van der Waals surface area contributed by atoms with Gasteiger partial charge in [0.05, 0.1) is 5.56 Å². The summed E-state index contributed by atoms with van der Waals surface area (Å²) in [4.78, 5) is 35.8. The van der Waals surface area contributed by atoms with E-state index in [4.69, 9.17) is 9.47 Å². The molecule has 0 heterocycles. The van der Waals surface area contributed by atoms with Crippen LogP contribution < -0.4 is 5.32 Å². The first-order valence-corrected chi connectivity index (χ1v) is 8.30. The maximum atomic E-state index is 13.2. The number of benzene rings is 2. The minimum atomic E-state index is -1.17. The molecule has 0 aliphatic rings. The lowest BCUT2D eigenvalue weighted by Crippen LogP contribution is -2.27. The van der Waals surface area contributed by atoms with Gasteiger partial charge in [-0.15, -0.1) is 0 Å². The van der Waals surface area contributed by atoms with E-state index in [1.54, 1.807) is 26.8 Å². The second-order valence-electron chi connectivity index (χ2n) is 6.84. The van der Waals surface area contributed by atoms with Gasteiger partial charge < -0.3 is 9.47 Å². The molecule has 1 N–H and O–H groups in total. The monoisotopic (exact) mass is 391 g/mol. The average molecular weight is 391 g/mol. The number of anilines is 1. The van der Waals surface area contributed by atoms with Crippen LogP contribution >= 0.6 is 0 Å². The third-order valence-corrected chi connectivity index (χ3v) is 3.32. The summed E-state index contributed by atoms with van der Waals surface area (Å²) < 4.78 is 36.1. The first-order chi connectivity index (χ1) is 13.0. The first-order valence-electron chi connectivity index (χ1n) is 8.30. The van der Waals surface area contributed by atoms with E-state index in [1.807, 2.05) is 0 Å². The van der Waals surface area contributed by atoms with Crippen LogP contribution in [0, 0.1) is 11.6 Å². The fraction of sp³-hybridized carbons (Fsp3) is 0.250. The maximum Gasteiger partial charge on any atom is 0.412 e. The van der Waals surface area contributed by atoms with Gasteiger partial charge in [0.25, 0.3) is 0 Å². The zero-order chi connectivity index (χ0) is 20.9. The van der Waals surface area contributed by atoms with Gasteiger partial charge in [0.1, 0.15) is 5.60 Å². The SMILES string of the molecule is CC(C)(C)OC(=O)Nc1cccc(C(=O)OCC(=O)c2ccc(F)c(F)c2)c1.